The van der Waals surface area contributed by atoms with Crippen LogP contribution in [0.2, 0.25) is 0 Å². The van der Waals surface area contributed by atoms with Crippen LogP contribution in [-0.4, -0.2) is 5.58 Å². The summed E-state index contributed by atoms with van der Waals surface area (Å²) in [5, 5.41) is 6.32. The second-order valence-corrected chi connectivity index (χ2v) is 10.9. The Morgan fingerprint density at radius 2 is 1.97 bits per heavy atom. The third kappa shape index (κ3) is 7.03. The predicted octanol–water partition coefficient (Wildman–Crippen LogP) is 9.53. The number of allylic oxidation sites excluding steroid dienone is 12. The number of aliphatic imine (C=N–C) groups is 1. The lowest BCUT2D eigenvalue weighted by Gasteiger charge is -2.24. The van der Waals surface area contributed by atoms with Crippen molar-refractivity contribution in [3.63, 3.8) is 0 Å². The number of benzene rings is 2. The van der Waals surface area contributed by atoms with E-state index in [1.54, 1.807) is 0 Å². The molecule has 1 atom stereocenters. The molecule has 2 aliphatic rings. The summed E-state index contributed by atoms with van der Waals surface area (Å²) in [4.78, 5) is 5.22. The van der Waals surface area contributed by atoms with Crippen LogP contribution in [-0.2, 0) is 13.0 Å². The summed E-state index contributed by atoms with van der Waals surface area (Å²) in [6, 6.07) is 17.2. The summed E-state index contributed by atoms with van der Waals surface area (Å²) in [7, 11) is -0.889. The van der Waals surface area contributed by atoms with Crippen molar-refractivity contribution in [2.75, 3.05) is 5.32 Å². The SMILES string of the molecule is C=C/C=C\C(=C/C)P(C1=CCC=CC=C1)C(=NCc1ccccc1)Nc1ccc2c(c1)C=CCCC2. The zero-order chi connectivity index (χ0) is 25.0. The third-order valence-electron chi connectivity index (χ3n) is 6.17. The van der Waals surface area contributed by atoms with Crippen LogP contribution >= 0.6 is 7.92 Å². The van der Waals surface area contributed by atoms with Gasteiger partial charge in [-0.05, 0) is 72.1 Å². The first-order valence-corrected chi connectivity index (χ1v) is 14.1. The number of anilines is 1. The molecule has 1 unspecified atom stereocenters. The zero-order valence-electron chi connectivity index (χ0n) is 21.1. The van der Waals surface area contributed by atoms with Crippen LogP contribution in [0, 0.1) is 0 Å². The Morgan fingerprint density at radius 1 is 1.08 bits per heavy atom. The minimum Gasteiger partial charge on any atom is -0.340 e. The Hall–Kier alpha value is -3.48. The number of amidine groups is 1. The molecule has 36 heavy (non-hydrogen) atoms. The second kappa shape index (κ2) is 13.6. The van der Waals surface area contributed by atoms with Gasteiger partial charge in [0.05, 0.1) is 6.54 Å². The molecule has 0 aromatic heterocycles. The number of nitrogens with zero attached hydrogens (tertiary/aromatic N) is 1. The van der Waals surface area contributed by atoms with E-state index in [2.05, 4.69) is 122 Å². The van der Waals surface area contributed by atoms with Gasteiger partial charge in [-0.2, -0.15) is 0 Å². The molecule has 0 fully saturated rings. The van der Waals surface area contributed by atoms with Crippen LogP contribution < -0.4 is 5.32 Å². The van der Waals surface area contributed by atoms with Crippen molar-refractivity contribution in [3.8, 4) is 0 Å². The van der Waals surface area contributed by atoms with Gasteiger partial charge in [0.15, 0.2) is 0 Å². The normalized spacial score (nSPS) is 16.8. The van der Waals surface area contributed by atoms with Crippen molar-refractivity contribution in [2.24, 2.45) is 4.99 Å². The van der Waals surface area contributed by atoms with Gasteiger partial charge in [0.1, 0.15) is 5.58 Å². The minimum atomic E-state index is -0.889. The predicted molar refractivity (Wildman–Crippen MR) is 161 cm³/mol. The van der Waals surface area contributed by atoms with Gasteiger partial charge in [-0.15, -0.1) is 0 Å². The van der Waals surface area contributed by atoms with Gasteiger partial charge < -0.3 is 5.32 Å². The van der Waals surface area contributed by atoms with Crippen molar-refractivity contribution < 1.29 is 0 Å². The highest BCUT2D eigenvalue weighted by Gasteiger charge is 2.23. The fourth-order valence-corrected chi connectivity index (χ4v) is 6.57. The van der Waals surface area contributed by atoms with E-state index in [0.717, 1.165) is 30.5 Å². The topological polar surface area (TPSA) is 24.4 Å². The van der Waals surface area contributed by atoms with Gasteiger partial charge in [0.25, 0.3) is 0 Å². The molecule has 3 heteroatoms. The van der Waals surface area contributed by atoms with Crippen LogP contribution in [0.4, 0.5) is 5.69 Å². The monoisotopic (exact) mass is 490 g/mol. The number of rotatable bonds is 8. The van der Waals surface area contributed by atoms with Crippen LogP contribution in [0.3, 0.4) is 0 Å². The molecule has 1 N–H and O–H groups in total. The summed E-state index contributed by atoms with van der Waals surface area (Å²) in [6.07, 6.45) is 28.2. The molecule has 0 bridgehead atoms. The summed E-state index contributed by atoms with van der Waals surface area (Å²) in [6.45, 7) is 6.63. The average Bonchev–Trinajstić information content (AvgIpc) is 3.33. The van der Waals surface area contributed by atoms with E-state index in [9.17, 15) is 0 Å². The quantitative estimate of drug-likeness (QED) is 0.169. The van der Waals surface area contributed by atoms with E-state index < -0.39 is 7.92 Å². The highest BCUT2D eigenvalue weighted by Crippen LogP contribution is 2.55. The maximum Gasteiger partial charge on any atom is 0.133 e. The van der Waals surface area contributed by atoms with Gasteiger partial charge >= 0.3 is 0 Å². The summed E-state index contributed by atoms with van der Waals surface area (Å²) >= 11 is 0. The van der Waals surface area contributed by atoms with Crippen molar-refractivity contribution in [2.45, 2.75) is 39.2 Å². The van der Waals surface area contributed by atoms with Gasteiger partial charge in [-0.25, -0.2) is 0 Å². The Balaban J connectivity index is 1.78. The molecule has 0 saturated carbocycles. The Labute approximate surface area is 217 Å². The van der Waals surface area contributed by atoms with Crippen molar-refractivity contribution >= 4 is 25.3 Å². The highest BCUT2D eigenvalue weighted by molar-refractivity contribution is 7.83. The first-order chi connectivity index (χ1) is 17.8. The van der Waals surface area contributed by atoms with Crippen molar-refractivity contribution in [1.29, 1.82) is 0 Å². The molecule has 0 saturated heterocycles. The van der Waals surface area contributed by atoms with Crippen molar-refractivity contribution in [3.05, 3.63) is 143 Å². The first kappa shape index (κ1) is 25.6. The third-order valence-corrected chi connectivity index (χ3v) is 8.62. The first-order valence-electron chi connectivity index (χ1n) is 12.7. The van der Waals surface area contributed by atoms with E-state index in [1.165, 1.54) is 33.7 Å². The van der Waals surface area contributed by atoms with Crippen LogP contribution in [0.5, 0.6) is 0 Å². The molecule has 0 radical (unpaired) electrons. The molecule has 0 aliphatic heterocycles. The molecule has 2 aromatic carbocycles. The minimum absolute atomic E-state index is 0.629. The number of hydrogen-bond acceptors (Lipinski definition) is 1. The standard InChI is InChI=1S/C33H35N2P/c1-3-5-20-31(4-2)36(32-21-14-6-7-15-22-32)33(34-26-27-16-10-8-11-17-27)35-30-24-23-28-18-12-9-13-19-29(28)25-30/h3-8,10-11,13-14,16-17,19-25H,1,9,12,15,18,26H2,2H3,(H,34,35)/b20-5-,31-4+. The number of nitrogens with one attached hydrogen (secondary N) is 1. The summed E-state index contributed by atoms with van der Waals surface area (Å²) in [5.41, 5.74) is 6.01. The number of hydrogen-bond donors (Lipinski definition) is 1. The van der Waals surface area contributed by atoms with Gasteiger partial charge in [0, 0.05) is 13.6 Å². The number of fused-ring (bicyclic) bond motifs is 1. The molecular formula is C33H35N2P. The van der Waals surface area contributed by atoms with E-state index in [4.69, 9.17) is 4.99 Å². The molecule has 0 spiro atoms. The van der Waals surface area contributed by atoms with E-state index in [-0.39, 0.29) is 0 Å². The molecule has 4 rings (SSSR count). The molecular weight excluding hydrogens is 455 g/mol. The lowest BCUT2D eigenvalue weighted by atomic mass is 10.0. The Morgan fingerprint density at radius 3 is 2.81 bits per heavy atom. The van der Waals surface area contributed by atoms with E-state index >= 15 is 0 Å². The van der Waals surface area contributed by atoms with Crippen LogP contribution in [0.1, 0.15) is 42.9 Å². The van der Waals surface area contributed by atoms with E-state index in [1.807, 2.05) is 12.2 Å². The molecule has 0 amide bonds. The Kier molecular flexibility index (Phi) is 9.65. The van der Waals surface area contributed by atoms with Crippen LogP contribution in [0.25, 0.3) is 6.08 Å². The molecule has 0 heterocycles. The summed E-state index contributed by atoms with van der Waals surface area (Å²) in [5.74, 6) is 0. The van der Waals surface area contributed by atoms with Crippen molar-refractivity contribution in [1.82, 2.24) is 0 Å². The summed E-state index contributed by atoms with van der Waals surface area (Å²) < 4.78 is 0. The Bertz CT molecular complexity index is 1260. The largest absolute Gasteiger partial charge is 0.340 e. The second-order valence-electron chi connectivity index (χ2n) is 8.75. The fourth-order valence-electron chi connectivity index (χ4n) is 4.32. The lowest BCUT2D eigenvalue weighted by molar-refractivity contribution is 0.852. The maximum absolute atomic E-state index is 5.22. The van der Waals surface area contributed by atoms with Gasteiger partial charge in [-0.3, -0.25) is 4.99 Å². The van der Waals surface area contributed by atoms with E-state index in [0.29, 0.717) is 6.54 Å². The molecule has 182 valence electrons. The lowest BCUT2D eigenvalue weighted by Crippen LogP contribution is -2.13. The highest BCUT2D eigenvalue weighted by atomic mass is 31.1. The smallest absolute Gasteiger partial charge is 0.133 e. The van der Waals surface area contributed by atoms with Gasteiger partial charge in [-0.1, -0.05) is 110 Å². The number of aryl methyl sites for hydroxylation is 1. The molecule has 2 aliphatic carbocycles. The van der Waals surface area contributed by atoms with Crippen LogP contribution in [0.15, 0.2) is 131 Å². The zero-order valence-corrected chi connectivity index (χ0v) is 22.0. The average molecular weight is 491 g/mol. The molecule has 2 nitrogen and oxygen atoms in total. The molecule has 2 aromatic rings. The maximum atomic E-state index is 5.22. The fraction of sp³-hybridized carbons (Fsp3) is 0.182. The van der Waals surface area contributed by atoms with Gasteiger partial charge in [0.2, 0.25) is 0 Å².